The van der Waals surface area contributed by atoms with Gasteiger partial charge in [-0.3, -0.25) is 4.79 Å². The number of nitrogens with two attached hydrogens (primary N) is 2. The van der Waals surface area contributed by atoms with E-state index in [1.165, 1.54) is 24.3 Å². The van der Waals surface area contributed by atoms with Gasteiger partial charge in [-0.1, -0.05) is 0 Å². The smallest absolute Gasteiger partial charge is 0.282 e. The quantitative estimate of drug-likeness (QED) is 0.598. The molecule has 0 unspecified atom stereocenters. The monoisotopic (exact) mass is 340 g/mol. The van der Waals surface area contributed by atoms with Gasteiger partial charge in [-0.2, -0.15) is 20.3 Å². The van der Waals surface area contributed by atoms with E-state index in [-0.39, 0.29) is 10.0 Å². The first-order valence-corrected chi connectivity index (χ1v) is 7.88. The number of thiocarbonyl (C=S) groups is 1. The van der Waals surface area contributed by atoms with E-state index in [1.54, 1.807) is 6.92 Å². The Bertz CT molecular complexity index is 785. The van der Waals surface area contributed by atoms with E-state index in [2.05, 4.69) is 15.3 Å². The van der Waals surface area contributed by atoms with Crippen LogP contribution in [0.4, 0.5) is 5.69 Å². The van der Waals surface area contributed by atoms with Crippen LogP contribution in [0.2, 0.25) is 0 Å². The molecule has 0 fully saturated rings. The number of hydrogen-bond donors (Lipinski definition) is 2. The fraction of sp³-hybridized carbons (Fsp3) is 0.182. The predicted octanol–water partition coefficient (Wildman–Crippen LogP) is 0.248. The number of carbonyl (C=O) groups excluding carboxylic acids is 1. The summed E-state index contributed by atoms with van der Waals surface area (Å²) in [6, 6.07) is 4.52. The maximum atomic E-state index is 12.0. The zero-order chi connectivity index (χ0) is 16.5. The van der Waals surface area contributed by atoms with Gasteiger partial charge in [0, 0.05) is 0 Å². The van der Waals surface area contributed by atoms with Gasteiger partial charge in [0.05, 0.1) is 16.3 Å². The van der Waals surface area contributed by atoms with Crippen molar-refractivity contribution in [3.05, 3.63) is 24.3 Å². The van der Waals surface area contributed by atoms with Crippen molar-refractivity contribution in [1.82, 2.24) is 5.01 Å². The van der Waals surface area contributed by atoms with Crippen molar-refractivity contribution in [2.75, 3.05) is 0 Å². The maximum Gasteiger partial charge on any atom is 0.282 e. The second kappa shape index (κ2) is 5.87. The van der Waals surface area contributed by atoms with Crippen LogP contribution in [0, 0.1) is 0 Å². The number of primary sulfonamides is 1. The molecule has 0 saturated heterocycles. The summed E-state index contributed by atoms with van der Waals surface area (Å²) in [5.74, 6) is -0.491. The molecule has 0 bridgehead atoms. The van der Waals surface area contributed by atoms with Crippen LogP contribution in [0.3, 0.4) is 0 Å². The molecular formula is C11H12N6O3S2. The Morgan fingerprint density at radius 1 is 1.36 bits per heavy atom. The van der Waals surface area contributed by atoms with Crippen LogP contribution in [-0.4, -0.2) is 36.2 Å². The van der Waals surface area contributed by atoms with Crippen LogP contribution < -0.4 is 10.9 Å². The average Bonchev–Trinajstić information content (AvgIpc) is 2.71. The number of carbonyl (C=O) groups is 1. The molecule has 0 saturated carbocycles. The summed E-state index contributed by atoms with van der Waals surface area (Å²) in [6.07, 6.45) is 0. The molecule has 4 N–H and O–H groups in total. The number of hydrazone groups is 1. The molecule has 1 aromatic carbocycles. The summed E-state index contributed by atoms with van der Waals surface area (Å²) in [7, 11) is -3.76. The molecule has 0 spiro atoms. The summed E-state index contributed by atoms with van der Waals surface area (Å²) in [6.45, 7) is 1.60. The third kappa shape index (κ3) is 3.32. The number of hydrogen-bond acceptors (Lipinski definition) is 7. The highest BCUT2D eigenvalue weighted by Gasteiger charge is 2.35. The normalized spacial score (nSPS) is 18.8. The molecule has 0 aliphatic carbocycles. The van der Waals surface area contributed by atoms with E-state index in [1.807, 2.05) is 0 Å². The van der Waals surface area contributed by atoms with Crippen LogP contribution in [0.5, 0.6) is 0 Å². The molecule has 22 heavy (non-hydrogen) atoms. The summed E-state index contributed by atoms with van der Waals surface area (Å²) in [5, 5.41) is 17.4. The van der Waals surface area contributed by atoms with Crippen LogP contribution >= 0.6 is 12.2 Å². The van der Waals surface area contributed by atoms with E-state index in [9.17, 15) is 13.2 Å². The summed E-state index contributed by atoms with van der Waals surface area (Å²) in [5.41, 5.74) is 6.13. The molecule has 1 amide bonds. The number of azo groups is 1. The van der Waals surface area contributed by atoms with Gasteiger partial charge in [0.2, 0.25) is 10.0 Å². The molecule has 11 heteroatoms. The van der Waals surface area contributed by atoms with Gasteiger partial charge in [-0.05, 0) is 43.4 Å². The van der Waals surface area contributed by atoms with Gasteiger partial charge in [0.1, 0.15) is 0 Å². The molecular weight excluding hydrogens is 328 g/mol. The van der Waals surface area contributed by atoms with Crippen molar-refractivity contribution in [2.24, 2.45) is 26.2 Å². The summed E-state index contributed by atoms with van der Waals surface area (Å²) in [4.78, 5) is 11.9. The Balaban J connectivity index is 2.18. The lowest BCUT2D eigenvalue weighted by atomic mass is 10.2. The van der Waals surface area contributed by atoms with Crippen LogP contribution in [0.1, 0.15) is 6.92 Å². The lowest BCUT2D eigenvalue weighted by Gasteiger charge is -2.08. The molecule has 1 heterocycles. The molecule has 1 aliphatic rings. The Morgan fingerprint density at radius 3 is 2.41 bits per heavy atom. The minimum absolute atomic E-state index is 0.0409. The first-order valence-electron chi connectivity index (χ1n) is 5.92. The SMILES string of the molecule is CC1=NN(C(N)=S)C(=O)[C@H]1N=Nc1ccc(S(N)(=O)=O)cc1. The number of amides is 1. The average molecular weight is 340 g/mol. The van der Waals surface area contributed by atoms with Gasteiger partial charge in [0.15, 0.2) is 11.2 Å². The molecule has 1 atom stereocenters. The van der Waals surface area contributed by atoms with Gasteiger partial charge in [-0.15, -0.1) is 0 Å². The van der Waals surface area contributed by atoms with E-state index < -0.39 is 22.0 Å². The standard InChI is InChI=1S/C11H12N6O3S2/c1-6-9(10(18)17(16-6)11(12)21)15-14-7-2-4-8(5-3-7)22(13,19)20/h2-5,9H,1H3,(H2,12,21)(H2,13,19,20)/t9-/m0/s1. The first kappa shape index (κ1) is 16.1. The summed E-state index contributed by atoms with van der Waals surface area (Å²) < 4.78 is 22.3. The van der Waals surface area contributed by atoms with Crippen LogP contribution in [-0.2, 0) is 14.8 Å². The highest BCUT2D eigenvalue weighted by atomic mass is 32.2. The van der Waals surface area contributed by atoms with Crippen LogP contribution in [0.25, 0.3) is 0 Å². The van der Waals surface area contributed by atoms with Gasteiger partial charge >= 0.3 is 0 Å². The molecule has 1 aliphatic heterocycles. The van der Waals surface area contributed by atoms with Crippen molar-refractivity contribution >= 4 is 44.7 Å². The third-order valence-corrected chi connectivity index (χ3v) is 3.86. The number of nitrogens with zero attached hydrogens (tertiary/aromatic N) is 4. The fourth-order valence-electron chi connectivity index (χ4n) is 1.67. The van der Waals surface area contributed by atoms with Crippen molar-refractivity contribution in [2.45, 2.75) is 17.9 Å². The van der Waals surface area contributed by atoms with Gasteiger partial charge < -0.3 is 5.73 Å². The van der Waals surface area contributed by atoms with Crippen molar-refractivity contribution < 1.29 is 13.2 Å². The van der Waals surface area contributed by atoms with Crippen LogP contribution in [0.15, 0.2) is 44.5 Å². The van der Waals surface area contributed by atoms with E-state index in [0.29, 0.717) is 11.4 Å². The Kier molecular flexibility index (Phi) is 4.30. The van der Waals surface area contributed by atoms with Gasteiger partial charge in [0.25, 0.3) is 5.91 Å². The van der Waals surface area contributed by atoms with Crippen molar-refractivity contribution in [3.8, 4) is 0 Å². The largest absolute Gasteiger partial charge is 0.374 e. The molecule has 9 nitrogen and oxygen atoms in total. The number of sulfonamides is 1. The number of rotatable bonds is 3. The minimum Gasteiger partial charge on any atom is -0.374 e. The molecule has 116 valence electrons. The molecule has 1 aromatic rings. The molecule has 2 rings (SSSR count). The Hall–Kier alpha value is -2.24. The molecule has 0 aromatic heterocycles. The van der Waals surface area contributed by atoms with E-state index in [0.717, 1.165) is 5.01 Å². The maximum absolute atomic E-state index is 12.0. The highest BCUT2D eigenvalue weighted by molar-refractivity contribution is 7.89. The lowest BCUT2D eigenvalue weighted by Crippen LogP contribution is -2.37. The number of benzene rings is 1. The highest BCUT2D eigenvalue weighted by Crippen LogP contribution is 2.19. The zero-order valence-corrected chi connectivity index (χ0v) is 13.0. The van der Waals surface area contributed by atoms with Crippen molar-refractivity contribution in [1.29, 1.82) is 0 Å². The summed E-state index contributed by atoms with van der Waals surface area (Å²) >= 11 is 4.70. The van der Waals surface area contributed by atoms with Crippen molar-refractivity contribution in [3.63, 3.8) is 0 Å². The topological polar surface area (TPSA) is 144 Å². The molecule has 0 radical (unpaired) electrons. The Morgan fingerprint density at radius 2 is 1.95 bits per heavy atom. The second-order valence-corrected chi connectivity index (χ2v) is 6.37. The van der Waals surface area contributed by atoms with E-state index in [4.69, 9.17) is 23.1 Å². The van der Waals surface area contributed by atoms with Gasteiger partial charge in [-0.25, -0.2) is 13.6 Å². The first-order chi connectivity index (χ1) is 10.2. The predicted molar refractivity (Wildman–Crippen MR) is 82.9 cm³/mol. The lowest BCUT2D eigenvalue weighted by molar-refractivity contribution is -0.126. The van der Waals surface area contributed by atoms with E-state index >= 15 is 0 Å². The Labute approximate surface area is 131 Å². The fourth-order valence-corrected chi connectivity index (χ4v) is 2.32. The third-order valence-electron chi connectivity index (χ3n) is 2.76. The second-order valence-electron chi connectivity index (χ2n) is 4.39. The minimum atomic E-state index is -3.76. The zero-order valence-electron chi connectivity index (χ0n) is 11.4.